The number of ketones is 1. The van der Waals surface area contributed by atoms with Crippen LogP contribution < -0.4 is 0 Å². The highest BCUT2D eigenvalue weighted by molar-refractivity contribution is 6.05. The first-order valence-corrected chi connectivity index (χ1v) is 20.8. The third-order valence-electron chi connectivity index (χ3n) is 10.2. The minimum atomic E-state index is -1.71. The van der Waals surface area contributed by atoms with Crippen molar-refractivity contribution in [3.05, 3.63) is 0 Å². The Morgan fingerprint density at radius 1 is 0.426 bits per heavy atom. The normalized spacial score (nSPS) is 16.1. The molecule has 362 valence electrons. The van der Waals surface area contributed by atoms with Crippen molar-refractivity contribution < 1.29 is 96.1 Å². The lowest BCUT2D eigenvalue weighted by atomic mass is 10.0. The molecule has 0 aromatic heterocycles. The summed E-state index contributed by atoms with van der Waals surface area (Å²) in [6.45, 7) is -2.84. The third-order valence-corrected chi connectivity index (χ3v) is 10.2. The number of hydrogen-bond acceptors (Lipinski definition) is 20. The van der Waals surface area contributed by atoms with Gasteiger partial charge in [0.15, 0.2) is 0 Å². The number of nitrogens with zero attached hydrogens (tertiary/aromatic N) is 7. The van der Waals surface area contributed by atoms with E-state index >= 15 is 0 Å². The summed E-state index contributed by atoms with van der Waals surface area (Å²) in [6.07, 6.45) is 4.48. The molecule has 27 nitrogen and oxygen atoms in total. The van der Waals surface area contributed by atoms with Crippen LogP contribution >= 0.6 is 0 Å². The average molecular weight is 954 g/mol. The molecule has 27 heteroatoms. The molecule has 4 aliphatic rings. The molecule has 1 unspecified atom stereocenters. The maximum atomic E-state index is 13.7. The lowest BCUT2D eigenvalue weighted by Gasteiger charge is -2.30. The number of carbonyl (C=O) groups excluding carboxylic acids is 16. The number of hydroxylamine groups is 8. The summed E-state index contributed by atoms with van der Waals surface area (Å²) in [5.74, 6) is -11.4. The molecule has 11 amide bonds. The van der Waals surface area contributed by atoms with E-state index in [1.165, 1.54) is 0 Å². The Kier molecular flexibility index (Phi) is 18.6. The molecule has 0 radical (unpaired) electrons. The van der Waals surface area contributed by atoms with E-state index in [1.807, 2.05) is 5.92 Å². The molecule has 0 N–H and O–H groups in total. The monoisotopic (exact) mass is 953 g/mol. The quantitative estimate of drug-likeness (QED) is 0.0523. The molecule has 1 atom stereocenters. The first kappa shape index (κ1) is 52.3. The average Bonchev–Trinajstić information content (AvgIpc) is 4.01. The molecule has 0 aromatic carbocycles. The van der Waals surface area contributed by atoms with E-state index in [2.05, 4.69) is 0 Å². The topological polar surface area (TPSA) is 333 Å². The van der Waals surface area contributed by atoms with Crippen LogP contribution in [0.25, 0.3) is 0 Å². The van der Waals surface area contributed by atoms with Crippen molar-refractivity contribution in [2.24, 2.45) is 0 Å². The van der Waals surface area contributed by atoms with Gasteiger partial charge in [0.25, 0.3) is 53.2 Å². The fourth-order valence-corrected chi connectivity index (χ4v) is 6.65. The molecule has 4 fully saturated rings. The molecule has 4 saturated heterocycles. The predicted octanol–water partition coefficient (Wildman–Crippen LogP) is -3.16. The molecular formula is C41H43N7O20. The van der Waals surface area contributed by atoms with Crippen molar-refractivity contribution in [3.63, 3.8) is 0 Å². The van der Waals surface area contributed by atoms with Gasteiger partial charge in [-0.15, -0.1) is 33.1 Å². The van der Waals surface area contributed by atoms with Crippen LogP contribution in [-0.4, -0.2) is 168 Å². The number of rotatable bonds is 24. The van der Waals surface area contributed by atoms with E-state index in [0.29, 0.717) is 4.90 Å². The van der Waals surface area contributed by atoms with Crippen LogP contribution in [0.5, 0.6) is 0 Å². The molecule has 4 aliphatic heterocycles. The van der Waals surface area contributed by atoms with Crippen molar-refractivity contribution in [2.45, 2.75) is 102 Å². The molecule has 4 rings (SSSR count). The Bertz CT molecular complexity index is 1950. The predicted molar refractivity (Wildman–Crippen MR) is 212 cm³/mol. The van der Waals surface area contributed by atoms with Crippen LogP contribution in [0, 0.1) is 24.7 Å². The zero-order chi connectivity index (χ0) is 50.2. The van der Waals surface area contributed by atoms with Crippen LogP contribution in [0.3, 0.4) is 0 Å². The maximum absolute atomic E-state index is 13.7. The summed E-state index contributed by atoms with van der Waals surface area (Å²) in [5.41, 5.74) is 0. The van der Waals surface area contributed by atoms with Crippen molar-refractivity contribution in [1.29, 1.82) is 0 Å². The van der Waals surface area contributed by atoms with E-state index in [-0.39, 0.29) is 71.6 Å². The summed E-state index contributed by atoms with van der Waals surface area (Å²) in [4.78, 5) is 221. The molecule has 0 spiro atoms. The van der Waals surface area contributed by atoms with Gasteiger partial charge in [-0.25, -0.2) is 19.2 Å². The molecule has 0 aliphatic carbocycles. The van der Waals surface area contributed by atoms with Crippen LogP contribution in [-0.2, 0) is 96.1 Å². The summed E-state index contributed by atoms with van der Waals surface area (Å²) in [7, 11) is 0. The highest BCUT2D eigenvalue weighted by Gasteiger charge is 2.37. The fraction of sp³-hybridized carbons (Fsp3) is 0.512. The highest BCUT2D eigenvalue weighted by Crippen LogP contribution is 2.19. The van der Waals surface area contributed by atoms with Crippen LogP contribution in [0.4, 0.5) is 0 Å². The maximum Gasteiger partial charge on any atom is 0.334 e. The summed E-state index contributed by atoms with van der Waals surface area (Å²) in [5, 5.41) is 1.05. The molecule has 0 aromatic rings. The lowest BCUT2D eigenvalue weighted by molar-refractivity contribution is -0.198. The second-order valence-corrected chi connectivity index (χ2v) is 14.9. The number of amides is 11. The van der Waals surface area contributed by atoms with Gasteiger partial charge in [-0.1, -0.05) is 0 Å². The Hall–Kier alpha value is -8.36. The van der Waals surface area contributed by atoms with Crippen molar-refractivity contribution in [2.75, 3.05) is 32.7 Å². The van der Waals surface area contributed by atoms with Crippen LogP contribution in [0.15, 0.2) is 0 Å². The van der Waals surface area contributed by atoms with Crippen molar-refractivity contribution in [3.8, 4) is 24.7 Å². The number of hydrogen-bond donors (Lipinski definition) is 0. The first-order valence-electron chi connectivity index (χ1n) is 20.8. The molecular weight excluding hydrogens is 910 g/mol. The van der Waals surface area contributed by atoms with E-state index in [1.54, 1.807) is 5.92 Å². The fourth-order valence-electron chi connectivity index (χ4n) is 6.65. The Labute approximate surface area is 384 Å². The van der Waals surface area contributed by atoms with Crippen LogP contribution in [0.2, 0.25) is 0 Å². The van der Waals surface area contributed by atoms with Gasteiger partial charge in [-0.3, -0.25) is 57.5 Å². The minimum absolute atomic E-state index is 0.211. The van der Waals surface area contributed by atoms with Gasteiger partial charge in [0.1, 0.15) is 6.04 Å². The largest absolute Gasteiger partial charge is 0.342 e. The summed E-state index contributed by atoms with van der Waals surface area (Å²) >= 11 is 0. The van der Waals surface area contributed by atoms with Gasteiger partial charge in [0, 0.05) is 96.9 Å². The highest BCUT2D eigenvalue weighted by atomic mass is 16.7. The van der Waals surface area contributed by atoms with E-state index in [9.17, 15) is 76.7 Å². The van der Waals surface area contributed by atoms with Crippen molar-refractivity contribution in [1.82, 2.24) is 35.0 Å². The SMILES string of the molecule is C#CC(=O)C(CCC(=O)N(CCC(=O)ON1C(=O)CCC1=O)CCC(=O)ON1C(=O)CCC1=O)N(CCC(=O)N(CCC(=O)ON1C(=O)CCC1=O)CCC(=O)ON1C(=O)CCC1=O)C(=O)C#C. The number of carbonyl (C=O) groups is 16. The number of imide groups is 4. The van der Waals surface area contributed by atoms with Crippen molar-refractivity contribution >= 4 is 94.6 Å². The first-order chi connectivity index (χ1) is 32.2. The van der Waals surface area contributed by atoms with Gasteiger partial charge in [0.05, 0.1) is 25.7 Å². The summed E-state index contributed by atoms with van der Waals surface area (Å²) < 4.78 is 0. The summed E-state index contributed by atoms with van der Waals surface area (Å²) in [6, 6.07) is -1.71. The standard InChI is InChI=1S/C41H43N7O20/c1-3-26(49)25(5-6-28(51)42(20-16-38(61)65-45-30(53)7-8-31(45)54)21-17-39(62)66-46-32(55)9-10-33(46)56)44(27(50)4-2)24-15-29(52)43(22-18-40(63)67-47-34(57)11-12-35(47)58)23-19-41(64)68-48-36(59)13-14-37(48)60/h1-2,25H,5-24H2. The number of Topliss-reactive ketones (excluding diaryl/α,β-unsaturated/α-hetero) is 1. The van der Waals surface area contributed by atoms with Crippen LogP contribution in [0.1, 0.15) is 96.3 Å². The minimum Gasteiger partial charge on any atom is -0.342 e. The Morgan fingerprint density at radius 3 is 0.971 bits per heavy atom. The van der Waals surface area contributed by atoms with E-state index < -0.39 is 178 Å². The molecule has 0 saturated carbocycles. The Balaban J connectivity index is 1.46. The lowest BCUT2D eigenvalue weighted by Crippen LogP contribution is -2.47. The van der Waals surface area contributed by atoms with E-state index in [4.69, 9.17) is 32.2 Å². The Morgan fingerprint density at radius 2 is 0.706 bits per heavy atom. The third kappa shape index (κ3) is 14.3. The van der Waals surface area contributed by atoms with Gasteiger partial charge >= 0.3 is 23.9 Å². The van der Waals surface area contributed by atoms with Gasteiger partial charge in [-0.2, -0.15) is 0 Å². The zero-order valence-corrected chi connectivity index (χ0v) is 36.2. The van der Waals surface area contributed by atoms with Gasteiger partial charge in [0.2, 0.25) is 17.6 Å². The second-order valence-electron chi connectivity index (χ2n) is 14.9. The van der Waals surface area contributed by atoms with Gasteiger partial charge in [-0.05, 0) is 18.3 Å². The van der Waals surface area contributed by atoms with E-state index in [0.717, 1.165) is 9.80 Å². The number of terminal acetylenes is 2. The smallest absolute Gasteiger partial charge is 0.334 e. The second kappa shape index (κ2) is 24.2. The molecule has 68 heavy (non-hydrogen) atoms. The van der Waals surface area contributed by atoms with Gasteiger partial charge < -0.3 is 34.1 Å². The zero-order valence-electron chi connectivity index (χ0n) is 36.2. The molecule has 0 bridgehead atoms. The molecule has 4 heterocycles.